The molecule has 2 saturated heterocycles. The third-order valence-electron chi connectivity index (χ3n) is 8.01. The van der Waals surface area contributed by atoms with Crippen LogP contribution in [0.4, 0.5) is 4.39 Å². The Morgan fingerprint density at radius 1 is 1.06 bits per heavy atom. The van der Waals surface area contributed by atoms with Gasteiger partial charge >= 0.3 is 0 Å². The lowest BCUT2D eigenvalue weighted by atomic mass is 9.74. The molecule has 3 aromatic rings. The SMILES string of the molecule is Cc1c(F)ccc(-c2ccc([C@@H]3[C@@H](CO)N4CCCCN(S(=O)(=O)c5nccn5C)C[C@@H]34)cc2)c1C. The summed E-state index contributed by atoms with van der Waals surface area (Å²) in [4.78, 5) is 6.36. The van der Waals surface area contributed by atoms with E-state index in [0.717, 1.165) is 41.6 Å². The minimum absolute atomic E-state index is 0.0114. The zero-order valence-corrected chi connectivity index (χ0v) is 21.7. The summed E-state index contributed by atoms with van der Waals surface area (Å²) in [5.74, 6) is -0.195. The molecule has 2 aromatic carbocycles. The molecule has 3 atom stereocenters. The number of sulfonamides is 1. The van der Waals surface area contributed by atoms with Crippen LogP contribution in [0, 0.1) is 19.7 Å². The molecule has 0 bridgehead atoms. The molecule has 0 unspecified atom stereocenters. The summed E-state index contributed by atoms with van der Waals surface area (Å²) in [6, 6.07) is 11.4. The minimum Gasteiger partial charge on any atom is -0.395 e. The summed E-state index contributed by atoms with van der Waals surface area (Å²) in [6.45, 7) is 5.39. The number of imidazole rings is 1. The fourth-order valence-corrected chi connectivity index (χ4v) is 7.40. The molecule has 0 amide bonds. The maximum absolute atomic E-state index is 13.9. The number of hydrogen-bond acceptors (Lipinski definition) is 5. The van der Waals surface area contributed by atoms with Gasteiger partial charge in [0.1, 0.15) is 5.82 Å². The van der Waals surface area contributed by atoms with Gasteiger partial charge in [-0.05, 0) is 67.1 Å². The predicted octanol–water partition coefficient (Wildman–Crippen LogP) is 3.46. The van der Waals surface area contributed by atoms with Crippen LogP contribution < -0.4 is 0 Å². The Morgan fingerprint density at radius 3 is 2.44 bits per heavy atom. The second kappa shape index (κ2) is 9.70. The molecule has 9 heteroatoms. The number of aliphatic hydroxyl groups excluding tert-OH is 1. The molecule has 3 heterocycles. The topological polar surface area (TPSA) is 78.7 Å². The molecule has 2 fully saturated rings. The van der Waals surface area contributed by atoms with E-state index >= 15 is 0 Å². The van der Waals surface area contributed by atoms with E-state index in [9.17, 15) is 17.9 Å². The van der Waals surface area contributed by atoms with Gasteiger partial charge in [0.05, 0.1) is 6.61 Å². The molecule has 192 valence electrons. The normalized spacial score (nSPS) is 23.5. The average Bonchev–Trinajstić information content (AvgIpc) is 3.29. The lowest BCUT2D eigenvalue weighted by Crippen LogP contribution is -2.67. The number of benzene rings is 2. The largest absolute Gasteiger partial charge is 0.395 e. The van der Waals surface area contributed by atoms with E-state index in [0.29, 0.717) is 18.7 Å². The Labute approximate surface area is 212 Å². The highest BCUT2D eigenvalue weighted by molar-refractivity contribution is 7.89. The van der Waals surface area contributed by atoms with Crippen molar-refractivity contribution in [3.8, 4) is 11.1 Å². The van der Waals surface area contributed by atoms with Gasteiger partial charge in [0.2, 0.25) is 5.16 Å². The highest BCUT2D eigenvalue weighted by Crippen LogP contribution is 2.43. The van der Waals surface area contributed by atoms with Crippen LogP contribution in [0.25, 0.3) is 11.1 Å². The van der Waals surface area contributed by atoms with E-state index in [1.807, 2.05) is 25.1 Å². The van der Waals surface area contributed by atoms with Crippen molar-refractivity contribution < 1.29 is 17.9 Å². The number of nitrogens with zero attached hydrogens (tertiary/aromatic N) is 4. The smallest absolute Gasteiger partial charge is 0.277 e. The van der Waals surface area contributed by atoms with Crippen LogP contribution in [-0.2, 0) is 17.1 Å². The van der Waals surface area contributed by atoms with Crippen LogP contribution in [0.3, 0.4) is 0 Å². The Kier molecular flexibility index (Phi) is 6.76. The Hall–Kier alpha value is -2.59. The summed E-state index contributed by atoms with van der Waals surface area (Å²) in [7, 11) is -2.04. The van der Waals surface area contributed by atoms with Crippen molar-refractivity contribution in [2.75, 3.05) is 26.2 Å². The predicted molar refractivity (Wildman–Crippen MR) is 137 cm³/mol. The molecule has 5 rings (SSSR count). The van der Waals surface area contributed by atoms with Gasteiger partial charge in [0.25, 0.3) is 10.0 Å². The van der Waals surface area contributed by atoms with E-state index in [-0.39, 0.29) is 35.6 Å². The number of aryl methyl sites for hydroxylation is 1. The molecule has 1 aromatic heterocycles. The maximum Gasteiger partial charge on any atom is 0.277 e. The van der Waals surface area contributed by atoms with Crippen molar-refractivity contribution in [1.29, 1.82) is 0 Å². The monoisotopic (exact) mass is 512 g/mol. The molecule has 36 heavy (non-hydrogen) atoms. The standard InChI is InChI=1S/C27H33FN4O3S/c1-18-19(2)23(28)11-10-22(18)20-6-8-21(9-7-20)26-24-16-31(13-4-5-14-32(24)25(26)17-33)36(34,35)27-29-12-15-30(27)3/h6-12,15,24-26,33H,4-5,13-14,16-17H2,1-3H3/t24-,25+,26-/m0/s1. The zero-order chi connectivity index (χ0) is 25.6. The van der Waals surface area contributed by atoms with Gasteiger partial charge in [-0.3, -0.25) is 4.90 Å². The van der Waals surface area contributed by atoms with Gasteiger partial charge in [0.15, 0.2) is 0 Å². The summed E-state index contributed by atoms with van der Waals surface area (Å²) in [5, 5.41) is 10.3. The van der Waals surface area contributed by atoms with Gasteiger partial charge in [-0.15, -0.1) is 0 Å². The molecule has 0 radical (unpaired) electrons. The van der Waals surface area contributed by atoms with Crippen molar-refractivity contribution in [3.63, 3.8) is 0 Å². The number of aromatic nitrogens is 2. The van der Waals surface area contributed by atoms with Crippen LogP contribution in [0.15, 0.2) is 53.9 Å². The fourth-order valence-electron chi connectivity index (χ4n) is 5.83. The Morgan fingerprint density at radius 2 is 1.78 bits per heavy atom. The lowest BCUT2D eigenvalue weighted by Gasteiger charge is -2.57. The second-order valence-electron chi connectivity index (χ2n) is 9.94. The third-order valence-corrected chi connectivity index (χ3v) is 9.87. The number of halogens is 1. The summed E-state index contributed by atoms with van der Waals surface area (Å²) in [5.41, 5.74) is 4.64. The van der Waals surface area contributed by atoms with E-state index < -0.39 is 10.0 Å². The molecule has 0 aliphatic carbocycles. The average molecular weight is 513 g/mol. The molecule has 0 saturated carbocycles. The number of aliphatic hydroxyl groups is 1. The quantitative estimate of drug-likeness (QED) is 0.567. The van der Waals surface area contributed by atoms with Crippen LogP contribution in [0.1, 0.15) is 35.4 Å². The Balaban J connectivity index is 1.44. The Bertz CT molecular complexity index is 1360. The number of hydrogen-bond donors (Lipinski definition) is 1. The first-order valence-corrected chi connectivity index (χ1v) is 13.9. The molecule has 0 spiro atoms. The van der Waals surface area contributed by atoms with Crippen LogP contribution in [-0.4, -0.2) is 70.6 Å². The van der Waals surface area contributed by atoms with Crippen LogP contribution in [0.2, 0.25) is 0 Å². The first kappa shape index (κ1) is 25.1. The molecular weight excluding hydrogens is 479 g/mol. The van der Waals surface area contributed by atoms with E-state index in [1.165, 1.54) is 12.3 Å². The van der Waals surface area contributed by atoms with Gasteiger partial charge in [-0.1, -0.05) is 30.3 Å². The molecular formula is C27H33FN4O3S. The van der Waals surface area contributed by atoms with Gasteiger partial charge in [-0.25, -0.2) is 17.8 Å². The van der Waals surface area contributed by atoms with Crippen LogP contribution in [0.5, 0.6) is 0 Å². The van der Waals surface area contributed by atoms with Crippen molar-refractivity contribution in [3.05, 3.63) is 71.3 Å². The molecule has 7 nitrogen and oxygen atoms in total. The van der Waals surface area contributed by atoms with Crippen molar-refractivity contribution in [2.45, 2.75) is 49.8 Å². The lowest BCUT2D eigenvalue weighted by molar-refractivity contribution is -0.0554. The van der Waals surface area contributed by atoms with Gasteiger partial charge in [-0.2, -0.15) is 4.31 Å². The molecule has 2 aliphatic rings. The third kappa shape index (κ3) is 4.18. The van der Waals surface area contributed by atoms with E-state index in [4.69, 9.17) is 0 Å². The van der Waals surface area contributed by atoms with Crippen LogP contribution >= 0.6 is 0 Å². The highest BCUT2D eigenvalue weighted by Gasteiger charge is 2.50. The van der Waals surface area contributed by atoms with Crippen molar-refractivity contribution in [1.82, 2.24) is 18.8 Å². The number of rotatable bonds is 5. The highest BCUT2D eigenvalue weighted by atomic mass is 32.2. The van der Waals surface area contributed by atoms with E-state index in [1.54, 1.807) is 29.0 Å². The minimum atomic E-state index is -3.73. The first-order chi connectivity index (χ1) is 17.2. The molecule has 2 aliphatic heterocycles. The van der Waals surface area contributed by atoms with E-state index in [2.05, 4.69) is 22.0 Å². The summed E-state index contributed by atoms with van der Waals surface area (Å²) < 4.78 is 43.9. The summed E-state index contributed by atoms with van der Waals surface area (Å²) in [6.07, 6.45) is 4.78. The second-order valence-corrected chi connectivity index (χ2v) is 11.8. The first-order valence-electron chi connectivity index (χ1n) is 12.4. The number of fused-ring (bicyclic) bond motifs is 1. The maximum atomic E-state index is 13.9. The zero-order valence-electron chi connectivity index (χ0n) is 20.9. The van der Waals surface area contributed by atoms with Gasteiger partial charge in [0, 0.05) is 50.5 Å². The summed E-state index contributed by atoms with van der Waals surface area (Å²) >= 11 is 0. The van der Waals surface area contributed by atoms with Crippen molar-refractivity contribution in [2.24, 2.45) is 7.05 Å². The molecule has 1 N–H and O–H groups in total. The van der Waals surface area contributed by atoms with Gasteiger partial charge < -0.3 is 9.67 Å². The fraction of sp³-hybridized carbons (Fsp3) is 0.444. The van der Waals surface area contributed by atoms with Crippen molar-refractivity contribution >= 4 is 10.0 Å².